The number of alkyl carbamates (subject to hydrolysis) is 1. The summed E-state index contributed by atoms with van der Waals surface area (Å²) < 4.78 is 10.2. The van der Waals surface area contributed by atoms with Gasteiger partial charge < -0.3 is 9.47 Å². The zero-order valence-electron chi connectivity index (χ0n) is 11.3. The van der Waals surface area contributed by atoms with Gasteiger partial charge in [0.15, 0.2) is 6.61 Å². The Kier molecular flexibility index (Phi) is 7.84. The number of halogens is 1. The summed E-state index contributed by atoms with van der Waals surface area (Å²) in [6.45, 7) is 1.25. The summed E-state index contributed by atoms with van der Waals surface area (Å²) in [5.74, 6) is -1.19. The fourth-order valence-corrected chi connectivity index (χ4v) is 2.14. The number of ether oxygens (including phenoxy) is 2. The van der Waals surface area contributed by atoms with E-state index in [4.69, 9.17) is 4.74 Å². The summed E-state index contributed by atoms with van der Waals surface area (Å²) in [5, 5.41) is 1.93. The van der Waals surface area contributed by atoms with Crippen LogP contribution in [0.25, 0.3) is 0 Å². The Morgan fingerprint density at radius 3 is 2.48 bits per heavy atom. The maximum absolute atomic E-state index is 11.5. The van der Waals surface area contributed by atoms with Crippen LogP contribution in [0.2, 0.25) is 0 Å². The zero-order valence-corrected chi connectivity index (χ0v) is 13.7. The largest absolute Gasteiger partial charge is 0.455 e. The molecule has 0 aromatic heterocycles. The molecule has 0 heterocycles. The Labute approximate surface area is 134 Å². The van der Waals surface area contributed by atoms with Gasteiger partial charge in [0.05, 0.1) is 12.4 Å². The molecule has 0 spiro atoms. The van der Waals surface area contributed by atoms with E-state index < -0.39 is 24.6 Å². The standard InChI is InChI=1S/C13H14BrNO5S/c1-2-19-13(18)15-11(16)7-20-12(17)8-21-10-5-3-9(14)4-6-10/h3-6H,2,7-8H2,1H3,(H,15,16,18). The lowest BCUT2D eigenvalue weighted by atomic mass is 10.4. The summed E-state index contributed by atoms with van der Waals surface area (Å²) in [7, 11) is 0. The van der Waals surface area contributed by atoms with Gasteiger partial charge in [-0.2, -0.15) is 0 Å². The van der Waals surface area contributed by atoms with Crippen molar-refractivity contribution in [1.29, 1.82) is 0 Å². The van der Waals surface area contributed by atoms with Crippen LogP contribution in [0.4, 0.5) is 4.79 Å². The Morgan fingerprint density at radius 2 is 1.86 bits per heavy atom. The van der Waals surface area contributed by atoms with E-state index in [-0.39, 0.29) is 12.4 Å². The maximum Gasteiger partial charge on any atom is 0.413 e. The molecule has 0 unspecified atom stereocenters. The Balaban J connectivity index is 2.23. The molecule has 2 amide bonds. The summed E-state index contributed by atoms with van der Waals surface area (Å²) in [4.78, 5) is 34.5. The molecule has 0 atom stereocenters. The first kappa shape index (κ1) is 17.5. The van der Waals surface area contributed by atoms with Crippen molar-refractivity contribution in [2.24, 2.45) is 0 Å². The number of benzene rings is 1. The van der Waals surface area contributed by atoms with Crippen molar-refractivity contribution in [2.75, 3.05) is 19.0 Å². The number of imide groups is 1. The molecule has 1 aromatic rings. The quantitative estimate of drug-likeness (QED) is 0.606. The van der Waals surface area contributed by atoms with Crippen LogP contribution in [0.1, 0.15) is 6.92 Å². The highest BCUT2D eigenvalue weighted by molar-refractivity contribution is 9.10. The highest BCUT2D eigenvalue weighted by Crippen LogP contribution is 2.20. The Morgan fingerprint density at radius 1 is 1.19 bits per heavy atom. The zero-order chi connectivity index (χ0) is 15.7. The van der Waals surface area contributed by atoms with E-state index in [0.717, 1.165) is 9.37 Å². The number of amides is 2. The molecule has 21 heavy (non-hydrogen) atoms. The van der Waals surface area contributed by atoms with E-state index in [2.05, 4.69) is 20.7 Å². The molecule has 6 nitrogen and oxygen atoms in total. The average Bonchev–Trinajstić information content (AvgIpc) is 2.44. The van der Waals surface area contributed by atoms with Crippen LogP contribution in [0.5, 0.6) is 0 Å². The third-order valence-corrected chi connectivity index (χ3v) is 3.57. The van der Waals surface area contributed by atoms with E-state index in [1.165, 1.54) is 11.8 Å². The van der Waals surface area contributed by atoms with Crippen molar-refractivity contribution in [3.8, 4) is 0 Å². The number of carbonyl (C=O) groups is 3. The third-order valence-electron chi connectivity index (χ3n) is 2.05. The van der Waals surface area contributed by atoms with E-state index in [9.17, 15) is 14.4 Å². The van der Waals surface area contributed by atoms with Crippen molar-refractivity contribution >= 4 is 45.7 Å². The number of rotatable bonds is 6. The lowest BCUT2D eigenvalue weighted by Gasteiger charge is -2.05. The molecule has 0 radical (unpaired) electrons. The van der Waals surface area contributed by atoms with Crippen LogP contribution in [0.15, 0.2) is 33.6 Å². The second-order valence-electron chi connectivity index (χ2n) is 3.67. The molecule has 0 bridgehead atoms. The minimum Gasteiger partial charge on any atom is -0.455 e. The van der Waals surface area contributed by atoms with Gasteiger partial charge in [0.25, 0.3) is 5.91 Å². The predicted octanol–water partition coefficient (Wildman–Crippen LogP) is 2.36. The van der Waals surface area contributed by atoms with Crippen molar-refractivity contribution in [3.05, 3.63) is 28.7 Å². The van der Waals surface area contributed by atoms with Gasteiger partial charge in [-0.05, 0) is 31.2 Å². The van der Waals surface area contributed by atoms with E-state index in [1.54, 1.807) is 6.92 Å². The van der Waals surface area contributed by atoms with Gasteiger partial charge >= 0.3 is 12.1 Å². The van der Waals surface area contributed by atoms with Crippen molar-refractivity contribution in [3.63, 3.8) is 0 Å². The van der Waals surface area contributed by atoms with Crippen LogP contribution in [-0.2, 0) is 19.1 Å². The topological polar surface area (TPSA) is 81.7 Å². The van der Waals surface area contributed by atoms with E-state index in [0.29, 0.717) is 0 Å². The molecule has 0 aliphatic heterocycles. The van der Waals surface area contributed by atoms with Gasteiger partial charge in [-0.25, -0.2) is 4.79 Å². The first-order valence-electron chi connectivity index (χ1n) is 6.02. The molecule has 0 aliphatic carbocycles. The first-order valence-corrected chi connectivity index (χ1v) is 7.79. The number of hydrogen-bond donors (Lipinski definition) is 1. The Bertz CT molecular complexity index is 506. The molecule has 0 fully saturated rings. The second-order valence-corrected chi connectivity index (χ2v) is 5.64. The maximum atomic E-state index is 11.5. The van der Waals surface area contributed by atoms with Crippen LogP contribution in [0, 0.1) is 0 Å². The second kappa shape index (κ2) is 9.41. The fraction of sp³-hybridized carbons (Fsp3) is 0.308. The van der Waals surface area contributed by atoms with Crippen molar-refractivity contribution < 1.29 is 23.9 Å². The highest BCUT2D eigenvalue weighted by atomic mass is 79.9. The third kappa shape index (κ3) is 7.72. The number of thioether (sulfide) groups is 1. The van der Waals surface area contributed by atoms with Crippen LogP contribution in [0.3, 0.4) is 0 Å². The summed E-state index contributed by atoms with van der Waals surface area (Å²) >= 11 is 4.61. The first-order chi connectivity index (χ1) is 10.0. The summed E-state index contributed by atoms with van der Waals surface area (Å²) in [6, 6.07) is 7.44. The fourth-order valence-electron chi connectivity index (χ4n) is 1.18. The summed E-state index contributed by atoms with van der Waals surface area (Å²) in [6.07, 6.45) is -0.859. The molecule has 0 aliphatic rings. The number of nitrogens with one attached hydrogen (secondary N) is 1. The van der Waals surface area contributed by atoms with Crippen LogP contribution in [-0.4, -0.2) is 36.9 Å². The van der Waals surface area contributed by atoms with Crippen molar-refractivity contribution in [2.45, 2.75) is 11.8 Å². The number of esters is 1. The van der Waals surface area contributed by atoms with E-state index in [1.807, 2.05) is 29.6 Å². The van der Waals surface area contributed by atoms with Gasteiger partial charge in [0.1, 0.15) is 0 Å². The minimum absolute atomic E-state index is 0.0777. The Hall–Kier alpha value is -1.54. The van der Waals surface area contributed by atoms with Gasteiger partial charge in [0, 0.05) is 9.37 Å². The van der Waals surface area contributed by atoms with Crippen molar-refractivity contribution in [1.82, 2.24) is 5.32 Å². The average molecular weight is 376 g/mol. The smallest absolute Gasteiger partial charge is 0.413 e. The SMILES string of the molecule is CCOC(=O)NC(=O)COC(=O)CSc1ccc(Br)cc1. The van der Waals surface area contributed by atoms with Crippen LogP contribution < -0.4 is 5.32 Å². The normalized spacial score (nSPS) is 9.81. The number of hydrogen-bond acceptors (Lipinski definition) is 6. The van der Waals surface area contributed by atoms with Crippen LogP contribution >= 0.6 is 27.7 Å². The molecule has 0 saturated carbocycles. The lowest BCUT2D eigenvalue weighted by Crippen LogP contribution is -2.34. The molecule has 1 N–H and O–H groups in total. The molecule has 1 aromatic carbocycles. The number of carbonyl (C=O) groups excluding carboxylic acids is 3. The molecule has 0 saturated heterocycles. The minimum atomic E-state index is -0.859. The van der Waals surface area contributed by atoms with Gasteiger partial charge in [-0.1, -0.05) is 15.9 Å². The molecule has 8 heteroatoms. The molecule has 114 valence electrons. The van der Waals surface area contributed by atoms with Gasteiger partial charge in [0.2, 0.25) is 0 Å². The molecular formula is C13H14BrNO5S. The highest BCUT2D eigenvalue weighted by Gasteiger charge is 2.11. The molecular weight excluding hydrogens is 362 g/mol. The van der Waals surface area contributed by atoms with Gasteiger partial charge in [-0.15, -0.1) is 11.8 Å². The van der Waals surface area contributed by atoms with E-state index >= 15 is 0 Å². The monoisotopic (exact) mass is 375 g/mol. The predicted molar refractivity (Wildman–Crippen MR) is 81.0 cm³/mol. The molecule has 1 rings (SSSR count). The summed E-state index contributed by atoms with van der Waals surface area (Å²) in [5.41, 5.74) is 0. The lowest BCUT2D eigenvalue weighted by molar-refractivity contribution is -0.145. The van der Waals surface area contributed by atoms with Gasteiger partial charge in [-0.3, -0.25) is 14.9 Å².